The van der Waals surface area contributed by atoms with Crippen LogP contribution in [-0.4, -0.2) is 38.3 Å². The fraction of sp³-hybridized carbons (Fsp3) is 0.222. The Hall–Kier alpha value is -1.59. The van der Waals surface area contributed by atoms with Crippen molar-refractivity contribution >= 4 is 53.7 Å². The van der Waals surface area contributed by atoms with Crippen LogP contribution in [0.25, 0.3) is 0 Å². The molecule has 2 aromatic carbocycles. The minimum Gasteiger partial charge on any atom is -0.318 e. The molecule has 7 heteroatoms. The summed E-state index contributed by atoms with van der Waals surface area (Å²) in [6, 6.07) is 15.5. The maximum atomic E-state index is 12.5. The number of nitrogens with one attached hydrogen (secondary N) is 1. The van der Waals surface area contributed by atoms with Crippen molar-refractivity contribution in [2.45, 2.75) is 0 Å². The number of benzodiazepines with no additional fused rings is 1. The third-order valence-electron chi connectivity index (χ3n) is 3.81. The summed E-state index contributed by atoms with van der Waals surface area (Å²) in [6.45, 7) is 1.45. The minimum absolute atomic E-state index is 0. The highest BCUT2D eigenvalue weighted by Gasteiger charge is 2.24. The first kappa shape index (κ1) is 21.5. The lowest BCUT2D eigenvalue weighted by Gasteiger charge is -2.23. The van der Waals surface area contributed by atoms with Crippen LogP contribution in [-0.2, 0) is 4.79 Å². The van der Waals surface area contributed by atoms with Crippen molar-refractivity contribution in [3.05, 3.63) is 64.7 Å². The fourth-order valence-electron chi connectivity index (χ4n) is 2.70. The highest BCUT2D eigenvalue weighted by molar-refractivity contribution is 6.32. The molecule has 1 aliphatic rings. The Balaban J connectivity index is 0.00000156. The Morgan fingerprint density at radius 3 is 2.56 bits per heavy atom. The van der Waals surface area contributed by atoms with E-state index in [0.717, 1.165) is 22.5 Å². The molecule has 0 saturated heterocycles. The van der Waals surface area contributed by atoms with Gasteiger partial charge in [0.05, 0.1) is 11.4 Å². The standard InChI is InChI=1S/C18H18ClN3O.2ClH/c1-20-9-10-22-16-8-7-14(19)11-15(16)18(21-12-17(22)23)13-5-3-2-4-6-13;;/h2-8,11,20H,9-10,12H2,1H3;2*1H. The molecule has 0 unspecified atom stereocenters. The molecular weight excluding hydrogens is 381 g/mol. The number of carbonyl (C=O) groups excluding carboxylic acids is 1. The molecule has 0 bridgehead atoms. The molecule has 0 fully saturated rings. The Labute approximate surface area is 165 Å². The number of rotatable bonds is 4. The maximum absolute atomic E-state index is 12.5. The molecule has 134 valence electrons. The largest absolute Gasteiger partial charge is 0.318 e. The molecular formula is C18H20Cl3N3O. The number of anilines is 1. The SMILES string of the molecule is CNCCN1C(=O)CN=C(c2ccccc2)c2cc(Cl)ccc21.Cl.Cl. The Morgan fingerprint density at radius 2 is 1.88 bits per heavy atom. The molecule has 0 saturated carbocycles. The van der Waals surface area contributed by atoms with Crippen LogP contribution in [0.2, 0.25) is 5.02 Å². The van der Waals surface area contributed by atoms with Crippen LogP contribution in [0, 0.1) is 0 Å². The van der Waals surface area contributed by atoms with Gasteiger partial charge in [-0.25, -0.2) is 0 Å². The Morgan fingerprint density at radius 1 is 1.16 bits per heavy atom. The van der Waals surface area contributed by atoms with Gasteiger partial charge < -0.3 is 10.2 Å². The fourth-order valence-corrected chi connectivity index (χ4v) is 2.87. The third kappa shape index (κ3) is 4.73. The maximum Gasteiger partial charge on any atom is 0.248 e. The summed E-state index contributed by atoms with van der Waals surface area (Å²) in [5.41, 5.74) is 3.54. The molecule has 1 aliphatic heterocycles. The summed E-state index contributed by atoms with van der Waals surface area (Å²) >= 11 is 6.20. The number of fused-ring (bicyclic) bond motifs is 1. The molecule has 4 nitrogen and oxygen atoms in total. The number of benzene rings is 2. The van der Waals surface area contributed by atoms with Gasteiger partial charge in [-0.05, 0) is 25.2 Å². The van der Waals surface area contributed by atoms with Crippen LogP contribution in [0.3, 0.4) is 0 Å². The van der Waals surface area contributed by atoms with Crippen molar-refractivity contribution in [1.82, 2.24) is 5.32 Å². The topological polar surface area (TPSA) is 44.7 Å². The lowest BCUT2D eigenvalue weighted by molar-refractivity contribution is -0.117. The van der Waals surface area contributed by atoms with Crippen LogP contribution in [0.5, 0.6) is 0 Å². The molecule has 0 spiro atoms. The lowest BCUT2D eigenvalue weighted by Crippen LogP contribution is -2.37. The van der Waals surface area contributed by atoms with Crippen LogP contribution in [0.1, 0.15) is 11.1 Å². The van der Waals surface area contributed by atoms with Crippen LogP contribution in [0.15, 0.2) is 53.5 Å². The molecule has 2 aromatic rings. The van der Waals surface area contributed by atoms with Crippen molar-refractivity contribution in [2.75, 3.05) is 31.6 Å². The van der Waals surface area contributed by atoms with E-state index in [2.05, 4.69) is 10.3 Å². The number of hydrogen-bond donors (Lipinski definition) is 1. The molecule has 1 heterocycles. The van der Waals surface area contributed by atoms with Gasteiger partial charge in [0.25, 0.3) is 0 Å². The molecule has 1 N–H and O–H groups in total. The Kier molecular flexibility index (Phi) is 8.39. The summed E-state index contributed by atoms with van der Waals surface area (Å²) in [6.07, 6.45) is 0. The first-order valence-corrected chi connectivity index (χ1v) is 7.93. The average molecular weight is 401 g/mol. The zero-order valence-corrected chi connectivity index (χ0v) is 16.1. The van der Waals surface area contributed by atoms with Crippen LogP contribution < -0.4 is 10.2 Å². The zero-order valence-electron chi connectivity index (χ0n) is 13.7. The molecule has 3 rings (SSSR count). The predicted molar refractivity (Wildman–Crippen MR) is 109 cm³/mol. The second-order valence-electron chi connectivity index (χ2n) is 5.34. The summed E-state index contributed by atoms with van der Waals surface area (Å²) in [5.74, 6) is -0.00486. The van der Waals surface area contributed by atoms with Gasteiger partial charge in [-0.1, -0.05) is 41.9 Å². The lowest BCUT2D eigenvalue weighted by atomic mass is 10.00. The van der Waals surface area contributed by atoms with Gasteiger partial charge in [0.2, 0.25) is 5.91 Å². The third-order valence-corrected chi connectivity index (χ3v) is 4.05. The number of halogens is 3. The van der Waals surface area contributed by atoms with E-state index in [9.17, 15) is 4.79 Å². The summed E-state index contributed by atoms with van der Waals surface area (Å²) in [7, 11) is 1.87. The number of likely N-dealkylation sites (N-methyl/N-ethyl adjacent to an activating group) is 1. The number of aliphatic imine (C=N–C) groups is 1. The van der Waals surface area contributed by atoms with Crippen molar-refractivity contribution in [2.24, 2.45) is 4.99 Å². The van der Waals surface area contributed by atoms with Crippen molar-refractivity contribution < 1.29 is 4.79 Å². The number of hydrogen-bond acceptors (Lipinski definition) is 3. The van der Waals surface area contributed by atoms with E-state index < -0.39 is 0 Å². The smallest absolute Gasteiger partial charge is 0.248 e. The molecule has 1 amide bonds. The summed E-state index contributed by atoms with van der Waals surface area (Å²) < 4.78 is 0. The quantitative estimate of drug-likeness (QED) is 0.852. The minimum atomic E-state index is -0.00486. The second kappa shape index (κ2) is 9.78. The van der Waals surface area contributed by atoms with Gasteiger partial charge in [-0.15, -0.1) is 24.8 Å². The summed E-state index contributed by atoms with van der Waals surface area (Å²) in [5, 5.41) is 3.72. The number of nitrogens with zero attached hydrogens (tertiary/aromatic N) is 2. The molecule has 0 atom stereocenters. The van der Waals surface area contributed by atoms with E-state index in [4.69, 9.17) is 11.6 Å². The van der Waals surface area contributed by atoms with E-state index in [1.54, 1.807) is 4.90 Å². The van der Waals surface area contributed by atoms with E-state index in [1.165, 1.54) is 0 Å². The number of amides is 1. The van der Waals surface area contributed by atoms with E-state index in [1.807, 2.05) is 55.6 Å². The second-order valence-corrected chi connectivity index (χ2v) is 5.78. The zero-order chi connectivity index (χ0) is 16.2. The van der Waals surface area contributed by atoms with Crippen LogP contribution >= 0.6 is 36.4 Å². The van der Waals surface area contributed by atoms with E-state index in [-0.39, 0.29) is 37.3 Å². The van der Waals surface area contributed by atoms with E-state index >= 15 is 0 Å². The highest BCUT2D eigenvalue weighted by atomic mass is 35.5. The number of carbonyl (C=O) groups is 1. The first-order chi connectivity index (χ1) is 11.2. The van der Waals surface area contributed by atoms with E-state index in [0.29, 0.717) is 18.1 Å². The highest BCUT2D eigenvalue weighted by Crippen LogP contribution is 2.29. The van der Waals surface area contributed by atoms with Crippen molar-refractivity contribution in [3.63, 3.8) is 0 Å². The molecule has 0 aliphatic carbocycles. The normalized spacial score (nSPS) is 13.1. The summed E-state index contributed by atoms with van der Waals surface area (Å²) in [4.78, 5) is 18.8. The molecule has 0 aromatic heterocycles. The van der Waals surface area contributed by atoms with Crippen molar-refractivity contribution in [1.29, 1.82) is 0 Å². The van der Waals surface area contributed by atoms with Gasteiger partial charge in [0, 0.05) is 29.2 Å². The van der Waals surface area contributed by atoms with Gasteiger partial charge in [0.15, 0.2) is 0 Å². The average Bonchev–Trinajstić information content (AvgIpc) is 2.70. The van der Waals surface area contributed by atoms with Crippen LogP contribution in [0.4, 0.5) is 5.69 Å². The van der Waals surface area contributed by atoms with Gasteiger partial charge >= 0.3 is 0 Å². The van der Waals surface area contributed by atoms with Gasteiger partial charge in [-0.3, -0.25) is 9.79 Å². The molecule has 0 radical (unpaired) electrons. The monoisotopic (exact) mass is 399 g/mol. The van der Waals surface area contributed by atoms with Gasteiger partial charge in [0.1, 0.15) is 6.54 Å². The first-order valence-electron chi connectivity index (χ1n) is 7.55. The Bertz CT molecular complexity index is 750. The predicted octanol–water partition coefficient (Wildman–Crippen LogP) is 3.59. The van der Waals surface area contributed by atoms with Crippen molar-refractivity contribution in [3.8, 4) is 0 Å². The van der Waals surface area contributed by atoms with Gasteiger partial charge in [-0.2, -0.15) is 0 Å². The molecule has 25 heavy (non-hydrogen) atoms.